The number of hydrogen-bond donors (Lipinski definition) is 1. The van der Waals surface area contributed by atoms with Crippen molar-refractivity contribution in [2.75, 3.05) is 40.0 Å². The number of nitriles is 1. The number of amides is 1. The number of rotatable bonds is 15. The van der Waals surface area contributed by atoms with Gasteiger partial charge in [0.05, 0.1) is 31.2 Å². The Bertz CT molecular complexity index is 1120. The van der Waals surface area contributed by atoms with Crippen molar-refractivity contribution in [2.45, 2.75) is 57.3 Å². The highest BCUT2D eigenvalue weighted by Crippen LogP contribution is 2.40. The number of unbranched alkanes of at least 4 members (excludes halogenated alkanes) is 1. The van der Waals surface area contributed by atoms with Crippen LogP contribution in [0.15, 0.2) is 48.5 Å². The fourth-order valence-electron chi connectivity index (χ4n) is 4.22. The number of alkyl halides is 2. The van der Waals surface area contributed by atoms with Crippen molar-refractivity contribution < 1.29 is 37.4 Å². The smallest absolute Gasteiger partial charge is 0.387 e. The van der Waals surface area contributed by atoms with E-state index in [-0.39, 0.29) is 30.6 Å². The van der Waals surface area contributed by atoms with Gasteiger partial charge in [-0.2, -0.15) is 14.0 Å². The van der Waals surface area contributed by atoms with E-state index in [4.69, 9.17) is 19.0 Å². The van der Waals surface area contributed by atoms with Crippen molar-refractivity contribution in [3.63, 3.8) is 0 Å². The first kappa shape index (κ1) is 31.1. The minimum Gasteiger partial charge on any atom is -0.494 e. The highest BCUT2D eigenvalue weighted by Gasteiger charge is 2.37. The fourth-order valence-corrected chi connectivity index (χ4v) is 4.22. The number of ether oxygens (including phenoxy) is 4. The minimum absolute atomic E-state index is 0.0829. The predicted molar refractivity (Wildman–Crippen MR) is 143 cm³/mol. The molecule has 1 aliphatic rings. The number of hydrogen-bond acceptors (Lipinski definition) is 8. The molecule has 0 bridgehead atoms. The van der Waals surface area contributed by atoms with E-state index in [1.165, 1.54) is 13.2 Å². The number of piperidine rings is 1. The number of benzene rings is 2. The number of nitrogens with one attached hydrogen (secondary N) is 1. The van der Waals surface area contributed by atoms with Crippen LogP contribution in [0.3, 0.4) is 0 Å². The molecule has 0 unspecified atom stereocenters. The maximum atomic E-state index is 13.0. The molecule has 0 saturated carbocycles. The van der Waals surface area contributed by atoms with Crippen LogP contribution in [0.1, 0.15) is 45.1 Å². The zero-order valence-corrected chi connectivity index (χ0v) is 23.2. The van der Waals surface area contributed by atoms with Gasteiger partial charge in [0, 0.05) is 20.2 Å². The van der Waals surface area contributed by atoms with Crippen molar-refractivity contribution in [2.24, 2.45) is 0 Å². The topological polar surface area (TPSA) is 102 Å². The lowest BCUT2D eigenvalue weighted by Crippen LogP contribution is -2.47. The molecule has 1 N–H and O–H groups in total. The van der Waals surface area contributed by atoms with Crippen LogP contribution in [0.4, 0.5) is 8.78 Å². The normalized spacial score (nSPS) is 15.3. The first-order valence-corrected chi connectivity index (χ1v) is 13.2. The maximum absolute atomic E-state index is 13.0. The molecule has 1 aliphatic heterocycles. The van der Waals surface area contributed by atoms with Gasteiger partial charge in [0.1, 0.15) is 5.75 Å². The third-order valence-electron chi connectivity index (χ3n) is 6.71. The first-order chi connectivity index (χ1) is 19.2. The molecular formula is C29H37F2N3O6. The van der Waals surface area contributed by atoms with Gasteiger partial charge < -0.3 is 18.9 Å². The number of carbonyl (C=O) groups is 1. The molecule has 0 aromatic heterocycles. The molecule has 218 valence electrons. The lowest BCUT2D eigenvalue weighted by atomic mass is 9.74. The fraction of sp³-hybridized carbons (Fsp3) is 0.517. The Hall–Kier alpha value is -3.46. The summed E-state index contributed by atoms with van der Waals surface area (Å²) in [5.41, 5.74) is 2.19. The SMILES string of the molecule is COC(C)(C)ONC(=O)CN1CCC(C#N)(c2ccc(OC(F)F)c(OCCCCOc3ccccc3)c2)CC1. The second-order valence-electron chi connectivity index (χ2n) is 9.96. The van der Waals surface area contributed by atoms with Crippen molar-refractivity contribution in [1.29, 1.82) is 5.26 Å². The second kappa shape index (κ2) is 14.8. The first-order valence-electron chi connectivity index (χ1n) is 13.2. The van der Waals surface area contributed by atoms with Crippen molar-refractivity contribution >= 4 is 5.91 Å². The largest absolute Gasteiger partial charge is 0.494 e. The number of likely N-dealkylation sites (tertiary alicyclic amines) is 1. The summed E-state index contributed by atoms with van der Waals surface area (Å²) in [4.78, 5) is 19.5. The number of nitrogens with zero attached hydrogens (tertiary/aromatic N) is 2. The van der Waals surface area contributed by atoms with Gasteiger partial charge in [0.2, 0.25) is 0 Å². The van der Waals surface area contributed by atoms with Crippen LogP contribution < -0.4 is 19.7 Å². The summed E-state index contributed by atoms with van der Waals surface area (Å²) in [5.74, 6) is -0.422. The highest BCUT2D eigenvalue weighted by molar-refractivity contribution is 5.77. The van der Waals surface area contributed by atoms with Gasteiger partial charge >= 0.3 is 6.61 Å². The highest BCUT2D eigenvalue weighted by atomic mass is 19.3. The third-order valence-corrected chi connectivity index (χ3v) is 6.71. The van der Waals surface area contributed by atoms with Crippen LogP contribution in [0, 0.1) is 11.3 Å². The van der Waals surface area contributed by atoms with Gasteiger partial charge in [-0.1, -0.05) is 24.3 Å². The molecular weight excluding hydrogens is 524 g/mol. The van der Waals surface area contributed by atoms with Gasteiger partial charge in [0.15, 0.2) is 17.3 Å². The van der Waals surface area contributed by atoms with E-state index in [1.54, 1.807) is 26.0 Å². The zero-order chi connectivity index (χ0) is 29.0. The Balaban J connectivity index is 1.57. The Kier molecular flexibility index (Phi) is 11.5. The molecule has 1 saturated heterocycles. The van der Waals surface area contributed by atoms with Crippen LogP contribution in [-0.2, 0) is 19.8 Å². The standard InChI is InChI=1S/C29H37F2N3O6/c1-28(2,36-3)40-33-26(35)20-34-15-13-29(21-32,14-16-34)22-11-12-24(39-27(30)31)25(19-22)38-18-8-7-17-37-23-9-5-4-6-10-23/h4-6,9-12,19,27H,7-8,13-18,20H2,1-3H3,(H,33,35). The van der Waals surface area contributed by atoms with Crippen LogP contribution >= 0.6 is 0 Å². The maximum Gasteiger partial charge on any atom is 0.387 e. The molecule has 1 amide bonds. The zero-order valence-electron chi connectivity index (χ0n) is 23.2. The molecule has 1 heterocycles. The molecule has 0 spiro atoms. The summed E-state index contributed by atoms with van der Waals surface area (Å²) in [6.45, 7) is 2.18. The molecule has 0 atom stereocenters. The van der Waals surface area contributed by atoms with E-state index in [9.17, 15) is 18.8 Å². The van der Waals surface area contributed by atoms with Gasteiger partial charge in [-0.05, 0) is 69.4 Å². The molecule has 2 aromatic carbocycles. The Morgan fingerprint density at radius 3 is 2.38 bits per heavy atom. The van der Waals surface area contributed by atoms with Crippen molar-refractivity contribution in [1.82, 2.24) is 10.4 Å². The summed E-state index contributed by atoms with van der Waals surface area (Å²) in [6.07, 6.45) is 2.25. The number of para-hydroxylation sites is 1. The average Bonchev–Trinajstić information content (AvgIpc) is 2.95. The molecule has 2 aromatic rings. The summed E-state index contributed by atoms with van der Waals surface area (Å²) >= 11 is 0. The monoisotopic (exact) mass is 561 g/mol. The van der Waals surface area contributed by atoms with E-state index >= 15 is 0 Å². The van der Waals surface area contributed by atoms with Gasteiger partial charge in [-0.3, -0.25) is 9.69 Å². The van der Waals surface area contributed by atoms with Crippen LogP contribution in [-0.4, -0.2) is 63.2 Å². The van der Waals surface area contributed by atoms with E-state index in [2.05, 4.69) is 16.3 Å². The molecule has 40 heavy (non-hydrogen) atoms. The number of methoxy groups -OCH3 is 1. The van der Waals surface area contributed by atoms with E-state index in [0.29, 0.717) is 50.9 Å². The predicted octanol–water partition coefficient (Wildman–Crippen LogP) is 4.81. The average molecular weight is 562 g/mol. The molecule has 3 rings (SSSR count). The lowest BCUT2D eigenvalue weighted by Gasteiger charge is -2.37. The number of hydroxylamine groups is 1. The molecule has 0 aliphatic carbocycles. The van der Waals surface area contributed by atoms with Crippen LogP contribution in [0.5, 0.6) is 17.2 Å². The van der Waals surface area contributed by atoms with Crippen molar-refractivity contribution in [3.8, 4) is 23.3 Å². The lowest BCUT2D eigenvalue weighted by molar-refractivity contribution is -0.231. The van der Waals surface area contributed by atoms with E-state index in [1.807, 2.05) is 35.2 Å². The third kappa shape index (κ3) is 9.33. The number of halogens is 2. The Labute approximate surface area is 233 Å². The molecule has 9 nitrogen and oxygen atoms in total. The summed E-state index contributed by atoms with van der Waals surface area (Å²) in [5, 5.41) is 10.1. The Morgan fingerprint density at radius 1 is 1.07 bits per heavy atom. The molecule has 0 radical (unpaired) electrons. The van der Waals surface area contributed by atoms with Crippen LogP contribution in [0.2, 0.25) is 0 Å². The summed E-state index contributed by atoms with van der Waals surface area (Å²) in [7, 11) is 1.48. The van der Waals surface area contributed by atoms with Crippen LogP contribution in [0.25, 0.3) is 0 Å². The van der Waals surface area contributed by atoms with Crippen molar-refractivity contribution in [3.05, 3.63) is 54.1 Å². The minimum atomic E-state index is -3.01. The second-order valence-corrected chi connectivity index (χ2v) is 9.96. The summed E-state index contributed by atoms with van der Waals surface area (Å²) in [6, 6.07) is 16.5. The van der Waals surface area contributed by atoms with E-state index < -0.39 is 17.8 Å². The van der Waals surface area contributed by atoms with Gasteiger partial charge in [0.25, 0.3) is 5.91 Å². The van der Waals surface area contributed by atoms with Gasteiger partial charge in [-0.25, -0.2) is 10.3 Å². The Morgan fingerprint density at radius 2 is 1.75 bits per heavy atom. The number of carbonyl (C=O) groups excluding carboxylic acids is 1. The summed E-state index contributed by atoms with van der Waals surface area (Å²) < 4.78 is 47.4. The van der Waals surface area contributed by atoms with E-state index in [0.717, 1.165) is 5.75 Å². The molecule has 11 heteroatoms. The quantitative estimate of drug-likeness (QED) is 0.188. The van der Waals surface area contributed by atoms with Gasteiger partial charge in [-0.15, -0.1) is 0 Å². The molecule has 1 fully saturated rings.